The summed E-state index contributed by atoms with van der Waals surface area (Å²) < 4.78 is 19.1. The van der Waals surface area contributed by atoms with Gasteiger partial charge in [0.25, 0.3) is 5.91 Å². The molecule has 3 aromatic rings. The maximum Gasteiger partial charge on any atom is 0.272 e. The van der Waals surface area contributed by atoms with Crippen molar-refractivity contribution in [3.05, 3.63) is 65.1 Å². The van der Waals surface area contributed by atoms with Crippen LogP contribution in [0, 0.1) is 12.7 Å². The molecule has 1 aliphatic rings. The lowest BCUT2D eigenvalue weighted by molar-refractivity contribution is 0.0522. The van der Waals surface area contributed by atoms with Crippen molar-refractivity contribution < 1.29 is 13.9 Å². The van der Waals surface area contributed by atoms with Crippen molar-refractivity contribution in [2.24, 2.45) is 5.73 Å². The molecule has 0 atom stereocenters. The van der Waals surface area contributed by atoms with Gasteiger partial charge < -0.3 is 20.8 Å². The molecule has 0 radical (unpaired) electrons. The zero-order valence-corrected chi connectivity index (χ0v) is 15.1. The monoisotopic (exact) mass is 367 g/mol. The number of benzene rings is 2. The lowest BCUT2D eigenvalue weighted by Gasteiger charge is -2.34. The van der Waals surface area contributed by atoms with E-state index in [-0.39, 0.29) is 11.7 Å². The zero-order valence-electron chi connectivity index (χ0n) is 15.1. The van der Waals surface area contributed by atoms with Gasteiger partial charge in [0.2, 0.25) is 0 Å². The number of nitrogens with one attached hydrogen (secondary N) is 2. The summed E-state index contributed by atoms with van der Waals surface area (Å²) in [6.07, 6.45) is 1.49. The average Bonchev–Trinajstić information content (AvgIpc) is 3.11. The van der Waals surface area contributed by atoms with Crippen LogP contribution >= 0.6 is 0 Å². The Morgan fingerprint density at radius 3 is 2.78 bits per heavy atom. The van der Waals surface area contributed by atoms with Crippen molar-refractivity contribution in [3.63, 3.8) is 0 Å². The fraction of sp³-hybridized carbons (Fsp3) is 0.286. The molecular weight excluding hydrogens is 345 g/mol. The number of aromatic amines is 1. The fourth-order valence-electron chi connectivity index (χ4n) is 3.57. The molecule has 1 aromatic heterocycles. The summed E-state index contributed by atoms with van der Waals surface area (Å²) in [5, 5.41) is 3.60. The summed E-state index contributed by atoms with van der Waals surface area (Å²) in [5.74, 6) is -0.563. The highest BCUT2D eigenvalue weighted by Crippen LogP contribution is 2.31. The third-order valence-corrected chi connectivity index (χ3v) is 5.33. The third kappa shape index (κ3) is 3.34. The van der Waals surface area contributed by atoms with Crippen LogP contribution in [0.2, 0.25) is 0 Å². The summed E-state index contributed by atoms with van der Waals surface area (Å²) in [6.45, 7) is 2.97. The Balaban J connectivity index is 1.58. The number of aryl methyl sites for hydroxylation is 1. The van der Waals surface area contributed by atoms with Crippen molar-refractivity contribution in [2.45, 2.75) is 25.3 Å². The van der Waals surface area contributed by atoms with Crippen molar-refractivity contribution >= 4 is 22.5 Å². The summed E-state index contributed by atoms with van der Waals surface area (Å²) >= 11 is 0. The second-order valence-electron chi connectivity index (χ2n) is 7.12. The first-order chi connectivity index (χ1) is 13.0. The smallest absolute Gasteiger partial charge is 0.272 e. The van der Waals surface area contributed by atoms with E-state index in [0.29, 0.717) is 35.5 Å². The number of fused-ring (bicyclic) bond motifs is 1. The van der Waals surface area contributed by atoms with Crippen LogP contribution in [0.15, 0.2) is 42.5 Å². The van der Waals surface area contributed by atoms with Gasteiger partial charge in [-0.2, -0.15) is 0 Å². The van der Waals surface area contributed by atoms with Crippen LogP contribution in [-0.2, 0) is 10.3 Å². The standard InChI is InChI=1S/C21H22FN3O2/c1-13-16-12-19(25-18(16)6-5-17(13)22)20(26)24-15-4-2-3-14(11-15)21(23)7-9-27-10-8-21/h2-6,11-12,25H,7-10,23H2,1H3,(H,24,26). The summed E-state index contributed by atoms with van der Waals surface area (Å²) in [7, 11) is 0. The SMILES string of the molecule is Cc1c(F)ccc2[nH]c(C(=O)Nc3cccc(C4(N)CCOCC4)c3)cc12. The van der Waals surface area contributed by atoms with Crippen LogP contribution in [0.3, 0.4) is 0 Å². The van der Waals surface area contributed by atoms with Gasteiger partial charge in [-0.3, -0.25) is 4.79 Å². The summed E-state index contributed by atoms with van der Waals surface area (Å²) in [5.41, 5.74) is 9.41. The largest absolute Gasteiger partial charge is 0.381 e. The molecule has 140 valence electrons. The van der Waals surface area contributed by atoms with Gasteiger partial charge in [0, 0.05) is 35.3 Å². The summed E-state index contributed by atoms with van der Waals surface area (Å²) in [6, 6.07) is 12.3. The quantitative estimate of drug-likeness (QED) is 0.658. The maximum atomic E-state index is 13.7. The minimum atomic E-state index is -0.436. The normalized spacial score (nSPS) is 16.4. The van der Waals surface area contributed by atoms with Crippen LogP contribution in [0.1, 0.15) is 34.5 Å². The molecule has 6 heteroatoms. The second kappa shape index (κ2) is 6.79. The molecule has 0 bridgehead atoms. The molecule has 1 fully saturated rings. The number of amides is 1. The molecule has 2 aromatic carbocycles. The van der Waals surface area contributed by atoms with Crippen molar-refractivity contribution in [3.8, 4) is 0 Å². The molecule has 4 N–H and O–H groups in total. The molecule has 0 spiro atoms. The number of hydrogen-bond donors (Lipinski definition) is 3. The number of carbonyl (C=O) groups is 1. The first kappa shape index (κ1) is 17.7. The van der Waals surface area contributed by atoms with Crippen molar-refractivity contribution in [1.29, 1.82) is 0 Å². The van der Waals surface area contributed by atoms with Gasteiger partial charge in [-0.25, -0.2) is 4.39 Å². The first-order valence-electron chi connectivity index (χ1n) is 9.03. The molecule has 1 amide bonds. The van der Waals surface area contributed by atoms with E-state index in [1.54, 1.807) is 19.1 Å². The molecule has 0 saturated carbocycles. The van der Waals surface area contributed by atoms with Gasteiger partial charge in [0.1, 0.15) is 11.5 Å². The topological polar surface area (TPSA) is 80.1 Å². The lowest BCUT2D eigenvalue weighted by Crippen LogP contribution is -2.42. The van der Waals surface area contributed by atoms with Crippen LogP contribution in [-0.4, -0.2) is 24.1 Å². The Morgan fingerprint density at radius 2 is 2.00 bits per heavy atom. The second-order valence-corrected chi connectivity index (χ2v) is 7.12. The molecule has 27 heavy (non-hydrogen) atoms. The van der Waals surface area contributed by atoms with Crippen LogP contribution in [0.5, 0.6) is 0 Å². The number of aromatic nitrogens is 1. The third-order valence-electron chi connectivity index (χ3n) is 5.33. The van der Waals surface area contributed by atoms with E-state index in [2.05, 4.69) is 10.3 Å². The molecule has 1 aliphatic heterocycles. The highest BCUT2D eigenvalue weighted by Gasteiger charge is 2.30. The molecule has 1 saturated heterocycles. The summed E-state index contributed by atoms with van der Waals surface area (Å²) in [4.78, 5) is 15.7. The number of ether oxygens (including phenoxy) is 1. The van der Waals surface area contributed by atoms with Crippen LogP contribution < -0.4 is 11.1 Å². The van der Waals surface area contributed by atoms with Crippen molar-refractivity contribution in [1.82, 2.24) is 4.98 Å². The fourth-order valence-corrected chi connectivity index (χ4v) is 3.57. The molecule has 4 rings (SSSR count). The number of rotatable bonds is 3. The van der Waals surface area contributed by atoms with Crippen LogP contribution in [0.25, 0.3) is 10.9 Å². The Labute approximate surface area is 156 Å². The number of H-pyrrole nitrogens is 1. The average molecular weight is 367 g/mol. The number of halogens is 1. The highest BCUT2D eigenvalue weighted by atomic mass is 19.1. The Bertz CT molecular complexity index is 1010. The number of anilines is 1. The van der Waals surface area contributed by atoms with E-state index >= 15 is 0 Å². The Kier molecular flexibility index (Phi) is 4.45. The van der Waals surface area contributed by atoms with E-state index in [4.69, 9.17) is 10.5 Å². The molecular formula is C21H22FN3O2. The Morgan fingerprint density at radius 1 is 1.22 bits per heavy atom. The predicted octanol–water partition coefficient (Wildman–Crippen LogP) is 3.83. The van der Waals surface area contributed by atoms with E-state index in [9.17, 15) is 9.18 Å². The molecule has 5 nitrogen and oxygen atoms in total. The molecule has 2 heterocycles. The van der Waals surface area contributed by atoms with E-state index < -0.39 is 5.54 Å². The predicted molar refractivity (Wildman–Crippen MR) is 103 cm³/mol. The van der Waals surface area contributed by atoms with E-state index in [1.807, 2.05) is 24.3 Å². The lowest BCUT2D eigenvalue weighted by atomic mass is 9.83. The Hall–Kier alpha value is -2.70. The van der Waals surface area contributed by atoms with Gasteiger partial charge in [-0.1, -0.05) is 12.1 Å². The molecule has 0 unspecified atom stereocenters. The maximum absolute atomic E-state index is 13.7. The minimum Gasteiger partial charge on any atom is -0.381 e. The number of nitrogens with two attached hydrogens (primary N) is 1. The van der Waals surface area contributed by atoms with Gasteiger partial charge >= 0.3 is 0 Å². The zero-order chi connectivity index (χ0) is 19.0. The van der Waals surface area contributed by atoms with E-state index in [1.165, 1.54) is 6.07 Å². The first-order valence-corrected chi connectivity index (χ1v) is 9.03. The van der Waals surface area contributed by atoms with Gasteiger partial charge in [0.05, 0.1) is 0 Å². The number of carbonyl (C=O) groups excluding carboxylic acids is 1. The van der Waals surface area contributed by atoms with Crippen LogP contribution in [0.4, 0.5) is 10.1 Å². The minimum absolute atomic E-state index is 0.277. The molecule has 0 aliphatic carbocycles. The van der Waals surface area contributed by atoms with Gasteiger partial charge in [-0.15, -0.1) is 0 Å². The van der Waals surface area contributed by atoms with Crippen molar-refractivity contribution in [2.75, 3.05) is 18.5 Å². The van der Waals surface area contributed by atoms with Gasteiger partial charge in [0.15, 0.2) is 0 Å². The highest BCUT2D eigenvalue weighted by molar-refractivity contribution is 6.06. The van der Waals surface area contributed by atoms with Gasteiger partial charge in [-0.05, 0) is 61.2 Å². The van der Waals surface area contributed by atoms with E-state index in [0.717, 1.165) is 23.9 Å². The number of hydrogen-bond acceptors (Lipinski definition) is 3.